The maximum Gasteiger partial charge on any atom is 0.346 e. The van der Waals surface area contributed by atoms with Crippen LogP contribution in [0.5, 0.6) is 5.88 Å². The van der Waals surface area contributed by atoms with Gasteiger partial charge in [-0.1, -0.05) is 0 Å². The van der Waals surface area contributed by atoms with Crippen LogP contribution in [0.3, 0.4) is 0 Å². The van der Waals surface area contributed by atoms with E-state index in [1.165, 1.54) is 0 Å². The summed E-state index contributed by atoms with van der Waals surface area (Å²) in [6, 6.07) is -0.823. The Morgan fingerprint density at radius 3 is 2.70 bits per heavy atom. The van der Waals surface area contributed by atoms with E-state index in [1.807, 2.05) is 6.92 Å². The molecule has 1 atom stereocenters. The summed E-state index contributed by atoms with van der Waals surface area (Å²) < 4.78 is 12.0. The van der Waals surface area contributed by atoms with Crippen LogP contribution in [0.15, 0.2) is 4.99 Å². The number of urea groups is 1. The summed E-state index contributed by atoms with van der Waals surface area (Å²) in [4.78, 5) is 17.3. The molecule has 2 N–H and O–H groups in total. The molecule has 0 radical (unpaired) electrons. The zero-order valence-electron chi connectivity index (χ0n) is 12.1. The first-order valence-corrected chi connectivity index (χ1v) is 6.22. The van der Waals surface area contributed by atoms with Crippen molar-refractivity contribution in [2.24, 2.45) is 17.8 Å². The van der Waals surface area contributed by atoms with Crippen molar-refractivity contribution in [3.05, 3.63) is 11.3 Å². The third kappa shape index (κ3) is 2.22. The number of rotatable bonds is 5. The summed E-state index contributed by atoms with van der Waals surface area (Å²) in [5.41, 5.74) is 7.44. The van der Waals surface area contributed by atoms with Crippen LogP contribution < -0.4 is 10.5 Å². The number of aliphatic imine (C=N–C) groups is 1. The summed E-state index contributed by atoms with van der Waals surface area (Å²) in [5, 5.41) is 4.31. The molecule has 1 aromatic rings. The van der Waals surface area contributed by atoms with E-state index in [-0.39, 0.29) is 11.9 Å². The van der Waals surface area contributed by atoms with Gasteiger partial charge in [-0.15, -0.1) is 0 Å². The maximum atomic E-state index is 11.9. The van der Waals surface area contributed by atoms with Crippen LogP contribution in [0, 0.1) is 6.92 Å². The van der Waals surface area contributed by atoms with Crippen molar-refractivity contribution >= 4 is 11.9 Å². The summed E-state index contributed by atoms with van der Waals surface area (Å²) in [5.74, 6) is 0.822. The number of carbonyl (C=O) groups is 1. The fraction of sp³-hybridized carbons (Fsp3) is 0.583. The van der Waals surface area contributed by atoms with Crippen LogP contribution in [0.2, 0.25) is 0 Å². The van der Waals surface area contributed by atoms with E-state index >= 15 is 0 Å². The largest absolute Gasteiger partial charge is 0.481 e. The summed E-state index contributed by atoms with van der Waals surface area (Å²) >= 11 is 0. The number of methoxy groups -OCH3 is 2. The van der Waals surface area contributed by atoms with Crippen molar-refractivity contribution in [2.75, 3.05) is 27.4 Å². The van der Waals surface area contributed by atoms with E-state index in [4.69, 9.17) is 15.2 Å². The van der Waals surface area contributed by atoms with Crippen molar-refractivity contribution in [1.82, 2.24) is 14.7 Å². The molecular formula is C12H19N5O3. The first kappa shape index (κ1) is 14.3. The molecule has 1 aromatic heterocycles. The number of aryl methyl sites for hydroxylation is 2. The minimum atomic E-state index is -0.457. The molecule has 8 heteroatoms. The van der Waals surface area contributed by atoms with Gasteiger partial charge in [0, 0.05) is 20.7 Å². The normalized spacial score (nSPS) is 18.6. The van der Waals surface area contributed by atoms with Crippen molar-refractivity contribution in [3.8, 4) is 5.88 Å². The lowest BCUT2D eigenvalue weighted by molar-refractivity contribution is 0.150. The van der Waals surface area contributed by atoms with Crippen molar-refractivity contribution in [2.45, 2.75) is 13.0 Å². The molecule has 1 aliphatic heterocycles. The average Bonchev–Trinajstić information content (AvgIpc) is 2.82. The fourth-order valence-electron chi connectivity index (χ4n) is 2.43. The molecule has 0 spiro atoms. The number of nitrogens with two attached hydrogens (primary N) is 1. The topological polar surface area (TPSA) is 95.0 Å². The molecule has 1 aliphatic rings. The monoisotopic (exact) mass is 281 g/mol. The van der Waals surface area contributed by atoms with E-state index < -0.39 is 6.04 Å². The van der Waals surface area contributed by atoms with Crippen LogP contribution in [0.1, 0.15) is 17.3 Å². The van der Waals surface area contributed by atoms with Crippen molar-refractivity contribution in [1.29, 1.82) is 0 Å². The van der Waals surface area contributed by atoms with Crippen LogP contribution in [0.4, 0.5) is 4.79 Å². The van der Waals surface area contributed by atoms with Gasteiger partial charge < -0.3 is 20.1 Å². The zero-order valence-corrected chi connectivity index (χ0v) is 12.1. The van der Waals surface area contributed by atoms with Gasteiger partial charge in [-0.2, -0.15) is 10.1 Å². The molecule has 0 fully saturated rings. The predicted octanol–water partition coefficient (Wildman–Crippen LogP) is 0.217. The minimum absolute atomic E-state index is 0.250. The smallest absolute Gasteiger partial charge is 0.346 e. The molecule has 1 unspecified atom stereocenters. The Hall–Kier alpha value is -2.09. The second-order valence-electron chi connectivity index (χ2n) is 4.54. The van der Waals surface area contributed by atoms with Gasteiger partial charge >= 0.3 is 6.03 Å². The van der Waals surface area contributed by atoms with Gasteiger partial charge in [0.25, 0.3) is 0 Å². The van der Waals surface area contributed by atoms with Crippen LogP contribution in [0.25, 0.3) is 0 Å². The summed E-state index contributed by atoms with van der Waals surface area (Å²) in [7, 11) is 4.91. The van der Waals surface area contributed by atoms with Crippen LogP contribution in [-0.2, 0) is 11.8 Å². The van der Waals surface area contributed by atoms with Crippen LogP contribution >= 0.6 is 0 Å². The fourth-order valence-corrected chi connectivity index (χ4v) is 2.43. The number of aromatic nitrogens is 2. The molecule has 0 bridgehead atoms. The number of nitrogens with zero attached hydrogens (tertiary/aromatic N) is 4. The Kier molecular flexibility index (Phi) is 3.93. The Balaban J connectivity index is 2.43. The van der Waals surface area contributed by atoms with Gasteiger partial charge in [-0.3, -0.25) is 0 Å². The molecule has 2 heterocycles. The third-order valence-electron chi connectivity index (χ3n) is 3.28. The first-order chi connectivity index (χ1) is 9.51. The molecule has 2 amide bonds. The average molecular weight is 281 g/mol. The lowest BCUT2D eigenvalue weighted by Crippen LogP contribution is -2.36. The Morgan fingerprint density at radius 2 is 2.10 bits per heavy atom. The Bertz CT molecular complexity index is 552. The molecule has 20 heavy (non-hydrogen) atoms. The van der Waals surface area contributed by atoms with Crippen molar-refractivity contribution < 1.29 is 14.3 Å². The molecule has 0 aliphatic carbocycles. The molecule has 110 valence electrons. The lowest BCUT2D eigenvalue weighted by atomic mass is 10.1. The number of hydrogen-bond acceptors (Lipinski definition) is 5. The summed E-state index contributed by atoms with van der Waals surface area (Å²) in [6.07, 6.45) is 0. The zero-order chi connectivity index (χ0) is 14.9. The van der Waals surface area contributed by atoms with E-state index in [9.17, 15) is 4.79 Å². The minimum Gasteiger partial charge on any atom is -0.481 e. The summed E-state index contributed by atoms with van der Waals surface area (Å²) in [6.45, 7) is 2.66. The highest BCUT2D eigenvalue weighted by molar-refractivity contribution is 6.03. The second kappa shape index (κ2) is 5.49. The molecule has 8 nitrogen and oxygen atoms in total. The van der Waals surface area contributed by atoms with E-state index in [0.717, 1.165) is 11.3 Å². The highest BCUT2D eigenvalue weighted by Gasteiger charge is 2.38. The molecular weight excluding hydrogens is 262 g/mol. The SMILES string of the molecule is COCCN1C(=O)N=C(N)C1c1c(C)nn(C)c1OC. The third-order valence-corrected chi connectivity index (χ3v) is 3.28. The van der Waals surface area contributed by atoms with Gasteiger partial charge in [0.1, 0.15) is 11.9 Å². The number of amides is 2. The van der Waals surface area contributed by atoms with Crippen LogP contribution in [-0.4, -0.2) is 53.9 Å². The molecule has 0 saturated carbocycles. The van der Waals surface area contributed by atoms with Gasteiger partial charge in [0.05, 0.1) is 25.0 Å². The molecule has 0 saturated heterocycles. The molecule has 2 rings (SSSR count). The number of carbonyl (C=O) groups excluding carboxylic acids is 1. The second-order valence-corrected chi connectivity index (χ2v) is 4.54. The predicted molar refractivity (Wildman–Crippen MR) is 72.8 cm³/mol. The van der Waals surface area contributed by atoms with Gasteiger partial charge in [-0.25, -0.2) is 9.48 Å². The maximum absolute atomic E-state index is 11.9. The number of ether oxygens (including phenoxy) is 2. The number of amidine groups is 1. The van der Waals surface area contributed by atoms with E-state index in [1.54, 1.807) is 30.8 Å². The quantitative estimate of drug-likeness (QED) is 0.833. The lowest BCUT2D eigenvalue weighted by Gasteiger charge is -2.24. The van der Waals surface area contributed by atoms with E-state index in [2.05, 4.69) is 10.1 Å². The van der Waals surface area contributed by atoms with Gasteiger partial charge in [0.15, 0.2) is 0 Å². The Morgan fingerprint density at radius 1 is 1.40 bits per heavy atom. The van der Waals surface area contributed by atoms with Gasteiger partial charge in [0.2, 0.25) is 5.88 Å². The van der Waals surface area contributed by atoms with E-state index in [0.29, 0.717) is 19.0 Å². The standard InChI is InChI=1S/C12H19N5O3/c1-7-8(11(20-4)16(2)15-7)9-10(13)14-12(18)17(9)5-6-19-3/h9H,5-6H2,1-4H3,(H2,13,14,18). The Labute approximate surface area is 117 Å². The first-order valence-electron chi connectivity index (χ1n) is 6.22. The number of hydrogen-bond donors (Lipinski definition) is 1. The van der Waals surface area contributed by atoms with Gasteiger partial charge in [-0.05, 0) is 6.92 Å². The highest BCUT2D eigenvalue weighted by atomic mass is 16.5. The highest BCUT2D eigenvalue weighted by Crippen LogP contribution is 2.35. The van der Waals surface area contributed by atoms with Crippen molar-refractivity contribution in [3.63, 3.8) is 0 Å². The molecule has 0 aromatic carbocycles.